The van der Waals surface area contributed by atoms with Gasteiger partial charge >= 0.3 is 11.9 Å². The summed E-state index contributed by atoms with van der Waals surface area (Å²) in [6, 6.07) is -4.89. The lowest BCUT2D eigenvalue weighted by molar-refractivity contribution is -0.143. The first kappa shape index (κ1) is 28.9. The van der Waals surface area contributed by atoms with Crippen molar-refractivity contribution < 1.29 is 34.2 Å². The number of carbonyl (C=O) groups is 5. The normalized spacial score (nSPS) is 14.5. The Hall–Kier alpha value is -3.13. The molecule has 0 spiro atoms. The molecule has 3 amide bonds. The van der Waals surface area contributed by atoms with Gasteiger partial charge in [-0.1, -0.05) is 13.8 Å². The first-order chi connectivity index (χ1) is 16.0. The van der Waals surface area contributed by atoms with E-state index in [4.69, 9.17) is 5.73 Å². The highest BCUT2D eigenvalue weighted by atomic mass is 32.2. The minimum atomic E-state index is -1.50. The van der Waals surface area contributed by atoms with Crippen LogP contribution in [0.5, 0.6) is 0 Å². The summed E-state index contributed by atoms with van der Waals surface area (Å²) in [6.45, 7) is 3.26. The zero-order valence-corrected chi connectivity index (χ0v) is 20.1. The van der Waals surface area contributed by atoms with Crippen LogP contribution in [0.3, 0.4) is 0 Å². The van der Waals surface area contributed by atoms with Crippen LogP contribution in [0.2, 0.25) is 0 Å². The summed E-state index contributed by atoms with van der Waals surface area (Å²) >= 11 is 1.42. The molecular formula is C20H32N6O7S. The third-order valence-corrected chi connectivity index (χ3v) is 5.46. The Labute approximate surface area is 201 Å². The van der Waals surface area contributed by atoms with Crippen molar-refractivity contribution >= 4 is 41.4 Å². The summed E-state index contributed by atoms with van der Waals surface area (Å²) in [5, 5.41) is 25.7. The lowest BCUT2D eigenvalue weighted by Gasteiger charge is -2.26. The molecule has 8 N–H and O–H groups in total. The second kappa shape index (κ2) is 14.2. The molecule has 14 heteroatoms. The number of hydrogen-bond acceptors (Lipinski definition) is 8. The van der Waals surface area contributed by atoms with Gasteiger partial charge in [0.15, 0.2) is 0 Å². The lowest BCUT2D eigenvalue weighted by Crippen LogP contribution is -2.59. The number of nitrogens with one attached hydrogen (secondary N) is 4. The number of H-pyrrole nitrogens is 1. The molecule has 0 radical (unpaired) electrons. The van der Waals surface area contributed by atoms with Crippen molar-refractivity contribution in [3.8, 4) is 0 Å². The van der Waals surface area contributed by atoms with Crippen molar-refractivity contribution in [3.63, 3.8) is 0 Å². The standard InChI is InChI=1S/C20H32N6O7S/c1-10(2)16(19(31)24-13(20(32)33)4-5-34-3)26-18(30)14(7-15(27)28)25-17(29)12(21)6-11-8-22-9-23-11/h8-10,12-14,16H,4-7,21H2,1-3H3,(H,22,23)(H,24,31)(H,25,29)(H,26,30)(H,27,28)(H,32,33). The summed E-state index contributed by atoms with van der Waals surface area (Å²) < 4.78 is 0. The lowest BCUT2D eigenvalue weighted by atomic mass is 10.0. The van der Waals surface area contributed by atoms with E-state index in [1.807, 2.05) is 0 Å². The van der Waals surface area contributed by atoms with Crippen LogP contribution in [0.15, 0.2) is 12.5 Å². The van der Waals surface area contributed by atoms with Gasteiger partial charge in [-0.15, -0.1) is 0 Å². The van der Waals surface area contributed by atoms with Crippen molar-refractivity contribution in [2.24, 2.45) is 11.7 Å². The van der Waals surface area contributed by atoms with Gasteiger partial charge in [0.05, 0.1) is 18.8 Å². The number of nitrogens with zero attached hydrogens (tertiary/aromatic N) is 1. The highest BCUT2D eigenvalue weighted by Gasteiger charge is 2.32. The Morgan fingerprint density at radius 2 is 1.71 bits per heavy atom. The molecule has 0 fully saturated rings. The molecule has 190 valence electrons. The van der Waals surface area contributed by atoms with Crippen molar-refractivity contribution in [1.82, 2.24) is 25.9 Å². The molecule has 34 heavy (non-hydrogen) atoms. The van der Waals surface area contributed by atoms with Crippen LogP contribution in [0.4, 0.5) is 0 Å². The fourth-order valence-corrected chi connectivity index (χ4v) is 3.40. The topological polar surface area (TPSA) is 217 Å². The van der Waals surface area contributed by atoms with Crippen molar-refractivity contribution in [2.45, 2.75) is 57.3 Å². The minimum Gasteiger partial charge on any atom is -0.481 e. The van der Waals surface area contributed by atoms with E-state index in [0.717, 1.165) is 0 Å². The number of amides is 3. The van der Waals surface area contributed by atoms with Crippen LogP contribution in [0, 0.1) is 5.92 Å². The number of imidazole rings is 1. The summed E-state index contributed by atoms with van der Waals surface area (Å²) in [6.07, 6.45) is 4.21. The number of thioether (sulfide) groups is 1. The van der Waals surface area contributed by atoms with E-state index in [9.17, 15) is 34.2 Å². The smallest absolute Gasteiger partial charge is 0.326 e. The molecule has 0 saturated carbocycles. The largest absolute Gasteiger partial charge is 0.481 e. The predicted molar refractivity (Wildman–Crippen MR) is 124 cm³/mol. The molecule has 1 aromatic heterocycles. The average Bonchev–Trinajstić information content (AvgIpc) is 3.26. The number of carbonyl (C=O) groups excluding carboxylic acids is 3. The maximum Gasteiger partial charge on any atom is 0.326 e. The number of aliphatic carboxylic acids is 2. The molecule has 1 aromatic rings. The van der Waals surface area contributed by atoms with Gasteiger partial charge in [-0.3, -0.25) is 19.2 Å². The van der Waals surface area contributed by atoms with Crippen molar-refractivity contribution in [3.05, 3.63) is 18.2 Å². The summed E-state index contributed by atoms with van der Waals surface area (Å²) in [4.78, 5) is 67.3. The number of nitrogens with two attached hydrogens (primary N) is 1. The Morgan fingerprint density at radius 1 is 1.06 bits per heavy atom. The third kappa shape index (κ3) is 9.79. The molecule has 4 atom stereocenters. The van der Waals surface area contributed by atoms with Crippen molar-refractivity contribution in [2.75, 3.05) is 12.0 Å². The second-order valence-corrected chi connectivity index (χ2v) is 8.94. The second-order valence-electron chi connectivity index (χ2n) is 7.96. The molecule has 1 rings (SSSR count). The van der Waals surface area contributed by atoms with Gasteiger partial charge in [-0.05, 0) is 24.3 Å². The van der Waals surface area contributed by atoms with Gasteiger partial charge in [0.25, 0.3) is 0 Å². The first-order valence-electron chi connectivity index (χ1n) is 10.5. The number of hydrogen-bond donors (Lipinski definition) is 7. The van der Waals surface area contributed by atoms with Crippen LogP contribution in [0.25, 0.3) is 0 Å². The number of aromatic nitrogens is 2. The predicted octanol–water partition coefficient (Wildman–Crippen LogP) is -1.30. The summed E-state index contributed by atoms with van der Waals surface area (Å²) in [7, 11) is 0. The van der Waals surface area contributed by atoms with Gasteiger partial charge in [0, 0.05) is 18.3 Å². The van der Waals surface area contributed by atoms with Crippen LogP contribution in [-0.4, -0.2) is 86.0 Å². The molecule has 13 nitrogen and oxygen atoms in total. The van der Waals surface area contributed by atoms with Gasteiger partial charge in [0.2, 0.25) is 17.7 Å². The third-order valence-electron chi connectivity index (χ3n) is 4.82. The van der Waals surface area contributed by atoms with E-state index < -0.39 is 66.2 Å². The Bertz CT molecular complexity index is 848. The van der Waals surface area contributed by atoms with Gasteiger partial charge in [0.1, 0.15) is 18.1 Å². The van der Waals surface area contributed by atoms with E-state index >= 15 is 0 Å². The molecule has 0 bridgehead atoms. The number of carboxylic acids is 2. The SMILES string of the molecule is CSCCC(NC(=O)C(NC(=O)C(CC(=O)O)NC(=O)C(N)Cc1cnc[nH]1)C(C)C)C(=O)O. The average molecular weight is 501 g/mol. The van der Waals surface area contributed by atoms with Gasteiger partial charge < -0.3 is 36.9 Å². The fourth-order valence-electron chi connectivity index (χ4n) is 2.93. The van der Waals surface area contributed by atoms with E-state index in [2.05, 4.69) is 25.9 Å². The Balaban J connectivity index is 2.89. The quantitative estimate of drug-likeness (QED) is 0.151. The zero-order valence-electron chi connectivity index (χ0n) is 19.2. The molecule has 0 aliphatic carbocycles. The van der Waals surface area contributed by atoms with Crippen LogP contribution >= 0.6 is 11.8 Å². The monoisotopic (exact) mass is 500 g/mol. The number of rotatable bonds is 15. The van der Waals surface area contributed by atoms with Gasteiger partial charge in [-0.25, -0.2) is 9.78 Å². The Morgan fingerprint density at radius 3 is 2.21 bits per heavy atom. The molecular weight excluding hydrogens is 468 g/mol. The van der Waals surface area contributed by atoms with E-state index in [1.165, 1.54) is 24.3 Å². The summed E-state index contributed by atoms with van der Waals surface area (Å²) in [5.41, 5.74) is 6.42. The Kier molecular flexibility index (Phi) is 12.1. The maximum atomic E-state index is 12.8. The number of aromatic amines is 1. The van der Waals surface area contributed by atoms with Crippen molar-refractivity contribution in [1.29, 1.82) is 0 Å². The van der Waals surface area contributed by atoms with Crippen LogP contribution < -0.4 is 21.7 Å². The minimum absolute atomic E-state index is 0.0802. The maximum absolute atomic E-state index is 12.8. The molecule has 4 unspecified atom stereocenters. The van der Waals surface area contributed by atoms with Crippen LogP contribution in [-0.2, 0) is 30.4 Å². The van der Waals surface area contributed by atoms with E-state index in [1.54, 1.807) is 20.1 Å². The van der Waals surface area contributed by atoms with E-state index in [-0.39, 0.29) is 12.8 Å². The fraction of sp³-hybridized carbons (Fsp3) is 0.600. The summed E-state index contributed by atoms with van der Waals surface area (Å²) in [5.74, 6) is -4.91. The molecule has 0 saturated heterocycles. The van der Waals surface area contributed by atoms with E-state index in [0.29, 0.717) is 11.4 Å². The highest BCUT2D eigenvalue weighted by molar-refractivity contribution is 7.98. The molecule has 0 aliphatic heterocycles. The molecule has 1 heterocycles. The zero-order chi connectivity index (χ0) is 25.8. The van der Waals surface area contributed by atoms with Gasteiger partial charge in [-0.2, -0.15) is 11.8 Å². The number of carboxylic acid groups (broad SMARTS) is 2. The first-order valence-corrected chi connectivity index (χ1v) is 11.9. The molecule has 0 aromatic carbocycles. The highest BCUT2D eigenvalue weighted by Crippen LogP contribution is 2.07. The van der Waals surface area contributed by atoms with Crippen LogP contribution in [0.1, 0.15) is 32.4 Å². The molecule has 0 aliphatic rings.